The molecule has 2 aromatic carbocycles. The van der Waals surface area contributed by atoms with Crippen molar-refractivity contribution in [3.8, 4) is 11.5 Å². The van der Waals surface area contributed by atoms with Crippen molar-refractivity contribution in [2.75, 3.05) is 46.0 Å². The number of ether oxygens (including phenoxy) is 3. The van der Waals surface area contributed by atoms with E-state index in [2.05, 4.69) is 0 Å². The zero-order valence-electron chi connectivity index (χ0n) is 18.0. The molecule has 0 atom stereocenters. The van der Waals surface area contributed by atoms with E-state index in [9.17, 15) is 21.6 Å². The van der Waals surface area contributed by atoms with Crippen LogP contribution < -0.4 is 9.47 Å². The lowest BCUT2D eigenvalue weighted by atomic mass is 10.2. The van der Waals surface area contributed by atoms with Gasteiger partial charge in [-0.25, -0.2) is 21.6 Å². The van der Waals surface area contributed by atoms with Gasteiger partial charge in [-0.15, -0.1) is 0 Å². The Bertz CT molecular complexity index is 1240. The van der Waals surface area contributed by atoms with Gasteiger partial charge in [0.1, 0.15) is 13.2 Å². The van der Waals surface area contributed by atoms with Crippen LogP contribution in [0.25, 0.3) is 0 Å². The summed E-state index contributed by atoms with van der Waals surface area (Å²) in [6, 6.07) is 9.93. The topological polar surface area (TPSA) is 120 Å². The summed E-state index contributed by atoms with van der Waals surface area (Å²) in [6.07, 6.45) is 0. The molecular weight excluding hydrogens is 472 g/mol. The Hall–Kier alpha value is -2.67. The molecule has 178 valence electrons. The molecule has 0 unspecified atom stereocenters. The fraction of sp³-hybridized carbons (Fsp3) is 0.381. The number of fused-ring (bicyclic) bond motifs is 1. The molecular formula is C21H24N2O8S2. The van der Waals surface area contributed by atoms with Gasteiger partial charge in [0, 0.05) is 32.2 Å². The van der Waals surface area contributed by atoms with E-state index in [0.29, 0.717) is 24.7 Å². The Balaban J connectivity index is 1.45. The Morgan fingerprint density at radius 2 is 1.33 bits per heavy atom. The Labute approximate surface area is 192 Å². The summed E-state index contributed by atoms with van der Waals surface area (Å²) in [6.45, 7) is 2.68. The first-order valence-electron chi connectivity index (χ1n) is 10.4. The molecule has 2 aliphatic rings. The van der Waals surface area contributed by atoms with Gasteiger partial charge in [-0.05, 0) is 43.3 Å². The fourth-order valence-corrected chi connectivity index (χ4v) is 6.47. The van der Waals surface area contributed by atoms with Gasteiger partial charge in [0.2, 0.25) is 20.0 Å². The van der Waals surface area contributed by atoms with E-state index < -0.39 is 26.0 Å². The van der Waals surface area contributed by atoms with Gasteiger partial charge in [0.05, 0.1) is 22.0 Å². The third-order valence-corrected chi connectivity index (χ3v) is 9.16. The van der Waals surface area contributed by atoms with E-state index in [1.54, 1.807) is 13.0 Å². The van der Waals surface area contributed by atoms with Crippen LogP contribution in [-0.4, -0.2) is 77.4 Å². The minimum absolute atomic E-state index is 0.00570. The molecule has 0 aromatic heterocycles. The van der Waals surface area contributed by atoms with Crippen molar-refractivity contribution >= 4 is 26.0 Å². The zero-order chi connectivity index (χ0) is 23.6. The van der Waals surface area contributed by atoms with E-state index in [1.807, 2.05) is 0 Å². The Morgan fingerprint density at radius 1 is 0.818 bits per heavy atom. The van der Waals surface area contributed by atoms with Crippen molar-refractivity contribution in [2.24, 2.45) is 0 Å². The lowest BCUT2D eigenvalue weighted by Crippen LogP contribution is -2.50. The van der Waals surface area contributed by atoms with Crippen LogP contribution in [0.2, 0.25) is 0 Å². The highest BCUT2D eigenvalue weighted by Crippen LogP contribution is 2.33. The van der Waals surface area contributed by atoms with Crippen LogP contribution in [0.4, 0.5) is 0 Å². The van der Waals surface area contributed by atoms with Gasteiger partial charge in [0.25, 0.3) is 0 Å². The summed E-state index contributed by atoms with van der Waals surface area (Å²) in [4.78, 5) is 11.9. The van der Waals surface area contributed by atoms with E-state index >= 15 is 0 Å². The normalized spacial score (nSPS) is 17.5. The molecule has 1 saturated heterocycles. The summed E-state index contributed by atoms with van der Waals surface area (Å²) in [5.74, 6) is 0.333. The van der Waals surface area contributed by atoms with E-state index in [1.165, 1.54) is 45.0 Å². The second kappa shape index (κ2) is 9.29. The molecule has 0 saturated carbocycles. The summed E-state index contributed by atoms with van der Waals surface area (Å²) in [5, 5.41) is 0. The summed E-state index contributed by atoms with van der Waals surface area (Å²) >= 11 is 0. The molecule has 1 fully saturated rings. The van der Waals surface area contributed by atoms with Gasteiger partial charge in [-0.2, -0.15) is 8.61 Å². The number of nitrogens with zero attached hydrogens (tertiary/aromatic N) is 2. The number of sulfonamides is 2. The van der Waals surface area contributed by atoms with Gasteiger partial charge in [0.15, 0.2) is 11.5 Å². The van der Waals surface area contributed by atoms with Crippen LogP contribution in [0.3, 0.4) is 0 Å². The second-order valence-corrected chi connectivity index (χ2v) is 11.2. The molecule has 0 radical (unpaired) electrons. The molecule has 0 amide bonds. The predicted molar refractivity (Wildman–Crippen MR) is 117 cm³/mol. The van der Waals surface area contributed by atoms with Crippen LogP contribution in [-0.2, 0) is 24.8 Å². The molecule has 10 nitrogen and oxygen atoms in total. The Morgan fingerprint density at radius 3 is 1.91 bits per heavy atom. The molecule has 0 bridgehead atoms. The first-order chi connectivity index (χ1) is 15.7. The number of carbonyl (C=O) groups is 1. The maximum absolute atomic E-state index is 13.1. The average molecular weight is 497 g/mol. The van der Waals surface area contributed by atoms with Gasteiger partial charge in [-0.3, -0.25) is 0 Å². The van der Waals surface area contributed by atoms with Crippen LogP contribution in [0, 0.1) is 0 Å². The lowest BCUT2D eigenvalue weighted by molar-refractivity contribution is 0.0526. The first-order valence-corrected chi connectivity index (χ1v) is 13.3. The molecule has 0 N–H and O–H groups in total. The van der Waals surface area contributed by atoms with E-state index in [-0.39, 0.29) is 48.1 Å². The monoisotopic (exact) mass is 496 g/mol. The van der Waals surface area contributed by atoms with Crippen LogP contribution >= 0.6 is 0 Å². The minimum Gasteiger partial charge on any atom is -0.486 e. The highest BCUT2D eigenvalue weighted by atomic mass is 32.2. The molecule has 4 rings (SSSR count). The minimum atomic E-state index is -3.84. The standard InChI is InChI=1S/C21H24N2O8S2/c1-2-29-21(24)16-3-5-17(6-4-16)32(25,26)22-9-11-23(12-10-22)33(27,28)18-7-8-19-20(15-18)31-14-13-30-19/h3-8,15H,2,9-14H2,1H3. The van der Waals surface area contributed by atoms with Crippen molar-refractivity contribution in [3.05, 3.63) is 48.0 Å². The molecule has 2 heterocycles. The van der Waals surface area contributed by atoms with Crippen LogP contribution in [0.15, 0.2) is 52.3 Å². The smallest absolute Gasteiger partial charge is 0.338 e. The van der Waals surface area contributed by atoms with E-state index in [0.717, 1.165) is 0 Å². The maximum Gasteiger partial charge on any atom is 0.338 e. The zero-order valence-corrected chi connectivity index (χ0v) is 19.6. The molecule has 33 heavy (non-hydrogen) atoms. The SMILES string of the molecule is CCOC(=O)c1ccc(S(=O)(=O)N2CCN(S(=O)(=O)c3ccc4c(c3)OCCO4)CC2)cc1. The van der Waals surface area contributed by atoms with Crippen molar-refractivity contribution < 1.29 is 35.8 Å². The average Bonchev–Trinajstić information content (AvgIpc) is 2.84. The third kappa shape index (κ3) is 4.69. The number of esters is 1. The van der Waals surface area contributed by atoms with Gasteiger partial charge >= 0.3 is 5.97 Å². The fourth-order valence-electron chi connectivity index (χ4n) is 3.61. The van der Waals surface area contributed by atoms with Gasteiger partial charge in [-0.1, -0.05) is 0 Å². The van der Waals surface area contributed by atoms with Crippen molar-refractivity contribution in [1.29, 1.82) is 0 Å². The Kier molecular flexibility index (Phi) is 6.61. The van der Waals surface area contributed by atoms with Crippen LogP contribution in [0.1, 0.15) is 17.3 Å². The molecule has 12 heteroatoms. The van der Waals surface area contributed by atoms with Gasteiger partial charge < -0.3 is 14.2 Å². The maximum atomic E-state index is 13.1. The highest BCUT2D eigenvalue weighted by molar-refractivity contribution is 7.89. The predicted octanol–water partition coefficient (Wildman–Crippen LogP) is 1.33. The summed E-state index contributed by atoms with van der Waals surface area (Å²) in [5.41, 5.74) is 0.256. The molecule has 2 aromatic rings. The number of benzene rings is 2. The first kappa shape index (κ1) is 23.5. The summed E-state index contributed by atoms with van der Waals surface area (Å²) < 4.78 is 70.4. The largest absolute Gasteiger partial charge is 0.486 e. The van der Waals surface area contributed by atoms with E-state index in [4.69, 9.17) is 14.2 Å². The number of hydrogen-bond acceptors (Lipinski definition) is 8. The van der Waals surface area contributed by atoms with Crippen molar-refractivity contribution in [1.82, 2.24) is 8.61 Å². The molecule has 0 spiro atoms. The molecule has 0 aliphatic carbocycles. The van der Waals surface area contributed by atoms with Crippen LogP contribution in [0.5, 0.6) is 11.5 Å². The lowest BCUT2D eigenvalue weighted by Gasteiger charge is -2.33. The third-order valence-electron chi connectivity index (χ3n) is 5.35. The number of piperazine rings is 1. The highest BCUT2D eigenvalue weighted by Gasteiger charge is 2.34. The number of rotatable bonds is 6. The summed E-state index contributed by atoms with van der Waals surface area (Å²) in [7, 11) is -7.66. The quantitative estimate of drug-likeness (QED) is 0.550. The molecule has 2 aliphatic heterocycles. The van der Waals surface area contributed by atoms with Crippen molar-refractivity contribution in [2.45, 2.75) is 16.7 Å². The number of hydrogen-bond donors (Lipinski definition) is 0. The second-order valence-electron chi connectivity index (χ2n) is 7.36. The number of carbonyl (C=O) groups excluding carboxylic acids is 1. The van der Waals surface area contributed by atoms with Crippen molar-refractivity contribution in [3.63, 3.8) is 0 Å².